The number of hydrogen-bond donors (Lipinski definition) is 0. The normalized spacial score (nSPS) is 10.9. The molecule has 5 heteroatoms. The Bertz CT molecular complexity index is 441. The minimum Gasteiger partial charge on any atom is -0.297 e. The molecule has 0 amide bonds. The maximum Gasteiger partial charge on any atom is 0.225 e. The molecule has 0 spiro atoms. The van der Waals surface area contributed by atoms with Crippen LogP contribution in [0, 0.1) is 6.92 Å². The van der Waals surface area contributed by atoms with Crippen molar-refractivity contribution >= 4 is 22.9 Å². The van der Waals surface area contributed by atoms with Gasteiger partial charge < -0.3 is 0 Å². The van der Waals surface area contributed by atoms with Crippen molar-refractivity contribution in [2.24, 2.45) is 0 Å². The van der Waals surface area contributed by atoms with E-state index < -0.39 is 0 Å². The molecule has 2 aromatic heterocycles. The number of hydrogen-bond acceptors (Lipinski definition) is 3. The van der Waals surface area contributed by atoms with Gasteiger partial charge in [0.05, 0.1) is 6.54 Å². The lowest BCUT2D eigenvalue weighted by Crippen LogP contribution is -2.00. The Morgan fingerprint density at radius 3 is 2.60 bits per heavy atom. The maximum atomic E-state index is 5.93. The summed E-state index contributed by atoms with van der Waals surface area (Å²) in [6.07, 6.45) is 1.08. The maximum absolute atomic E-state index is 5.93. The first-order valence-corrected chi connectivity index (χ1v) is 6.03. The summed E-state index contributed by atoms with van der Waals surface area (Å²) in [5.41, 5.74) is 0. The molecular weight excluding hydrogens is 230 g/mol. The first-order chi connectivity index (χ1) is 7.20. The SMILES string of the molecule is CCc1ccc(Cn2c(C)nnc2Cl)s1. The lowest BCUT2D eigenvalue weighted by molar-refractivity contribution is 0.772. The highest BCUT2D eigenvalue weighted by Gasteiger charge is 2.07. The minimum atomic E-state index is 0.457. The summed E-state index contributed by atoms with van der Waals surface area (Å²) in [5.74, 6) is 0.853. The van der Waals surface area contributed by atoms with Gasteiger partial charge in [-0.15, -0.1) is 21.5 Å². The highest BCUT2D eigenvalue weighted by molar-refractivity contribution is 7.11. The third-order valence-corrected chi connectivity index (χ3v) is 3.76. The molecule has 2 rings (SSSR count). The van der Waals surface area contributed by atoms with Gasteiger partial charge in [0, 0.05) is 9.75 Å². The molecule has 2 heterocycles. The Labute approximate surface area is 97.7 Å². The van der Waals surface area contributed by atoms with Gasteiger partial charge in [0.1, 0.15) is 5.82 Å². The van der Waals surface area contributed by atoms with Gasteiger partial charge in [-0.3, -0.25) is 4.57 Å². The zero-order valence-electron chi connectivity index (χ0n) is 8.70. The van der Waals surface area contributed by atoms with Crippen LogP contribution in [0.15, 0.2) is 12.1 Å². The van der Waals surface area contributed by atoms with Crippen molar-refractivity contribution in [2.45, 2.75) is 26.8 Å². The van der Waals surface area contributed by atoms with E-state index in [0.29, 0.717) is 5.28 Å². The molecule has 0 aliphatic rings. The predicted octanol–water partition coefficient (Wildman–Crippen LogP) is 2.91. The minimum absolute atomic E-state index is 0.457. The quantitative estimate of drug-likeness (QED) is 0.827. The molecule has 0 aliphatic carbocycles. The molecule has 0 fully saturated rings. The molecule has 0 radical (unpaired) electrons. The van der Waals surface area contributed by atoms with E-state index in [2.05, 4.69) is 29.3 Å². The van der Waals surface area contributed by atoms with Crippen molar-refractivity contribution in [3.05, 3.63) is 33.0 Å². The number of aromatic nitrogens is 3. The van der Waals surface area contributed by atoms with Crippen LogP contribution in [-0.2, 0) is 13.0 Å². The summed E-state index contributed by atoms with van der Waals surface area (Å²) in [4.78, 5) is 2.68. The van der Waals surface area contributed by atoms with Crippen LogP contribution in [0.1, 0.15) is 22.5 Å². The molecule has 15 heavy (non-hydrogen) atoms. The van der Waals surface area contributed by atoms with Crippen LogP contribution < -0.4 is 0 Å². The molecule has 0 aromatic carbocycles. The molecule has 2 aromatic rings. The predicted molar refractivity (Wildman–Crippen MR) is 62.6 cm³/mol. The average molecular weight is 242 g/mol. The van der Waals surface area contributed by atoms with E-state index in [-0.39, 0.29) is 0 Å². The highest BCUT2D eigenvalue weighted by Crippen LogP contribution is 2.20. The first kappa shape index (κ1) is 10.6. The van der Waals surface area contributed by atoms with Gasteiger partial charge in [0.2, 0.25) is 5.28 Å². The molecule has 0 unspecified atom stereocenters. The van der Waals surface area contributed by atoms with Crippen LogP contribution in [0.5, 0.6) is 0 Å². The number of nitrogens with zero attached hydrogens (tertiary/aromatic N) is 3. The van der Waals surface area contributed by atoms with Gasteiger partial charge in [0.15, 0.2) is 0 Å². The summed E-state index contributed by atoms with van der Waals surface area (Å²) in [7, 11) is 0. The van der Waals surface area contributed by atoms with Crippen molar-refractivity contribution in [3.63, 3.8) is 0 Å². The van der Waals surface area contributed by atoms with Crippen LogP contribution >= 0.6 is 22.9 Å². The summed E-state index contributed by atoms with van der Waals surface area (Å²) in [5, 5.41) is 8.20. The molecule has 80 valence electrons. The monoisotopic (exact) mass is 241 g/mol. The van der Waals surface area contributed by atoms with Gasteiger partial charge in [-0.05, 0) is 37.1 Å². The van der Waals surface area contributed by atoms with Crippen LogP contribution in [0.3, 0.4) is 0 Å². The summed E-state index contributed by atoms with van der Waals surface area (Å²) < 4.78 is 1.91. The van der Waals surface area contributed by atoms with Crippen molar-refractivity contribution in [2.75, 3.05) is 0 Å². The number of aryl methyl sites for hydroxylation is 2. The van der Waals surface area contributed by atoms with E-state index in [0.717, 1.165) is 18.8 Å². The second-order valence-corrected chi connectivity index (χ2v) is 4.91. The third-order valence-electron chi connectivity index (χ3n) is 2.27. The van der Waals surface area contributed by atoms with Crippen LogP contribution in [0.4, 0.5) is 0 Å². The molecule has 0 aliphatic heterocycles. The zero-order chi connectivity index (χ0) is 10.8. The van der Waals surface area contributed by atoms with Gasteiger partial charge in [-0.1, -0.05) is 6.92 Å². The molecule has 0 bridgehead atoms. The average Bonchev–Trinajstić information content (AvgIpc) is 2.80. The lowest BCUT2D eigenvalue weighted by atomic mass is 10.3. The molecule has 0 N–H and O–H groups in total. The van der Waals surface area contributed by atoms with Gasteiger partial charge >= 0.3 is 0 Å². The summed E-state index contributed by atoms with van der Waals surface area (Å²) >= 11 is 7.74. The van der Waals surface area contributed by atoms with Crippen LogP contribution in [-0.4, -0.2) is 14.8 Å². The van der Waals surface area contributed by atoms with Gasteiger partial charge in [-0.2, -0.15) is 0 Å². The van der Waals surface area contributed by atoms with Crippen molar-refractivity contribution in [1.29, 1.82) is 0 Å². The van der Waals surface area contributed by atoms with Gasteiger partial charge in [0.25, 0.3) is 0 Å². The summed E-state index contributed by atoms with van der Waals surface area (Å²) in [6.45, 7) is 4.84. The van der Waals surface area contributed by atoms with E-state index in [9.17, 15) is 0 Å². The van der Waals surface area contributed by atoms with E-state index in [1.54, 1.807) is 0 Å². The van der Waals surface area contributed by atoms with Crippen molar-refractivity contribution in [3.8, 4) is 0 Å². The Morgan fingerprint density at radius 2 is 2.07 bits per heavy atom. The van der Waals surface area contributed by atoms with Crippen molar-refractivity contribution in [1.82, 2.24) is 14.8 Å². The van der Waals surface area contributed by atoms with Crippen LogP contribution in [0.25, 0.3) is 0 Å². The fraction of sp³-hybridized carbons (Fsp3) is 0.400. The fourth-order valence-corrected chi connectivity index (χ4v) is 2.55. The number of halogens is 1. The molecular formula is C10H12ClN3S. The smallest absolute Gasteiger partial charge is 0.225 e. The Morgan fingerprint density at radius 1 is 1.33 bits per heavy atom. The highest BCUT2D eigenvalue weighted by atomic mass is 35.5. The molecule has 0 saturated heterocycles. The first-order valence-electron chi connectivity index (χ1n) is 4.83. The van der Waals surface area contributed by atoms with Crippen molar-refractivity contribution < 1.29 is 0 Å². The number of rotatable bonds is 3. The van der Waals surface area contributed by atoms with Crippen LogP contribution in [0.2, 0.25) is 5.28 Å². The topological polar surface area (TPSA) is 30.7 Å². The standard InChI is InChI=1S/C10H12ClN3S/c1-3-8-4-5-9(15-8)6-14-7(2)12-13-10(14)11/h4-5H,3,6H2,1-2H3. The summed E-state index contributed by atoms with van der Waals surface area (Å²) in [6, 6.07) is 4.30. The third kappa shape index (κ3) is 2.21. The fourth-order valence-electron chi connectivity index (χ4n) is 1.39. The second kappa shape index (κ2) is 4.33. The Balaban J connectivity index is 2.21. The molecule has 3 nitrogen and oxygen atoms in total. The van der Waals surface area contributed by atoms with Gasteiger partial charge in [-0.25, -0.2) is 0 Å². The molecule has 0 atom stereocenters. The van der Waals surface area contributed by atoms with E-state index in [4.69, 9.17) is 11.6 Å². The van der Waals surface area contributed by atoms with E-state index in [1.807, 2.05) is 22.8 Å². The molecule has 0 saturated carbocycles. The van der Waals surface area contributed by atoms with E-state index in [1.165, 1.54) is 9.75 Å². The largest absolute Gasteiger partial charge is 0.297 e. The van der Waals surface area contributed by atoms with E-state index >= 15 is 0 Å². The second-order valence-electron chi connectivity index (χ2n) is 3.32. The number of thiophene rings is 1. The Kier molecular flexibility index (Phi) is 3.07. The Hall–Kier alpha value is -0.870. The zero-order valence-corrected chi connectivity index (χ0v) is 10.3. The lowest BCUT2D eigenvalue weighted by Gasteiger charge is -2.02.